The molecular formula is C16H8N2O6. The Bertz CT molecular complexity index is 922. The van der Waals surface area contributed by atoms with Crippen LogP contribution in [0.4, 0.5) is 0 Å². The molecular weight excluding hydrogens is 316 g/mol. The zero-order chi connectivity index (χ0) is 16.7. The number of imide groups is 1. The maximum Gasteiger partial charge on any atom is 0.369 e. The van der Waals surface area contributed by atoms with E-state index in [9.17, 15) is 14.4 Å². The van der Waals surface area contributed by atoms with Crippen molar-refractivity contribution in [3.05, 3.63) is 65.7 Å². The number of aromatic nitrogens is 1. The van der Waals surface area contributed by atoms with Crippen molar-refractivity contribution in [1.82, 2.24) is 10.2 Å². The first-order valence-corrected chi connectivity index (χ1v) is 6.84. The van der Waals surface area contributed by atoms with E-state index in [1.807, 2.05) is 0 Å². The van der Waals surface area contributed by atoms with E-state index in [4.69, 9.17) is 13.8 Å². The Kier molecular flexibility index (Phi) is 3.02. The van der Waals surface area contributed by atoms with Crippen LogP contribution in [0.2, 0.25) is 0 Å². The fraction of sp³-hybridized carbons (Fsp3) is 0. The SMILES string of the molecule is O=C(ON1C(=O)c2ccccc2C1=O)c1cnoc1-c1ccoc1. The lowest BCUT2D eigenvalue weighted by atomic mass is 10.1. The average Bonchev–Trinajstić information content (AvgIpc) is 3.31. The van der Waals surface area contributed by atoms with Crippen molar-refractivity contribution in [3.63, 3.8) is 0 Å². The molecule has 0 atom stereocenters. The lowest BCUT2D eigenvalue weighted by Gasteiger charge is -2.11. The van der Waals surface area contributed by atoms with Gasteiger partial charge in [0.1, 0.15) is 11.8 Å². The van der Waals surface area contributed by atoms with Crippen LogP contribution in [-0.2, 0) is 4.84 Å². The average molecular weight is 324 g/mol. The number of hydrogen-bond acceptors (Lipinski definition) is 7. The molecule has 24 heavy (non-hydrogen) atoms. The number of fused-ring (bicyclic) bond motifs is 1. The van der Waals surface area contributed by atoms with Crippen molar-refractivity contribution in [2.24, 2.45) is 0 Å². The molecule has 0 saturated heterocycles. The number of nitrogens with zero attached hydrogens (tertiary/aromatic N) is 2. The van der Waals surface area contributed by atoms with Gasteiger partial charge in [-0.1, -0.05) is 22.4 Å². The number of hydroxylamine groups is 2. The molecule has 3 heterocycles. The van der Waals surface area contributed by atoms with Crippen LogP contribution in [0.15, 0.2) is 58.0 Å². The molecule has 0 saturated carbocycles. The molecule has 1 aliphatic heterocycles. The van der Waals surface area contributed by atoms with Gasteiger partial charge in [0, 0.05) is 0 Å². The molecule has 8 nitrogen and oxygen atoms in total. The molecule has 0 bridgehead atoms. The van der Waals surface area contributed by atoms with Crippen LogP contribution < -0.4 is 0 Å². The molecule has 1 aromatic carbocycles. The molecule has 2 amide bonds. The second-order valence-corrected chi connectivity index (χ2v) is 4.91. The highest BCUT2D eigenvalue weighted by molar-refractivity contribution is 6.21. The number of carbonyl (C=O) groups is 3. The monoisotopic (exact) mass is 324 g/mol. The van der Waals surface area contributed by atoms with E-state index in [1.54, 1.807) is 18.2 Å². The van der Waals surface area contributed by atoms with E-state index in [2.05, 4.69) is 5.16 Å². The van der Waals surface area contributed by atoms with Crippen LogP contribution in [0.1, 0.15) is 31.1 Å². The molecule has 0 unspecified atom stereocenters. The zero-order valence-electron chi connectivity index (χ0n) is 12.0. The van der Waals surface area contributed by atoms with Crippen LogP contribution in [0.25, 0.3) is 11.3 Å². The van der Waals surface area contributed by atoms with E-state index in [0.717, 1.165) is 6.20 Å². The summed E-state index contributed by atoms with van der Waals surface area (Å²) >= 11 is 0. The molecule has 1 aliphatic rings. The van der Waals surface area contributed by atoms with Gasteiger partial charge in [-0.3, -0.25) is 9.59 Å². The van der Waals surface area contributed by atoms with Crippen molar-refractivity contribution in [1.29, 1.82) is 0 Å². The second kappa shape index (κ2) is 5.20. The van der Waals surface area contributed by atoms with E-state index < -0.39 is 17.8 Å². The van der Waals surface area contributed by atoms with E-state index in [0.29, 0.717) is 10.6 Å². The van der Waals surface area contributed by atoms with Gasteiger partial charge in [-0.25, -0.2) is 4.79 Å². The molecule has 118 valence electrons. The third kappa shape index (κ3) is 2.01. The first-order valence-electron chi connectivity index (χ1n) is 6.84. The minimum absolute atomic E-state index is 0.0343. The summed E-state index contributed by atoms with van der Waals surface area (Å²) in [5.74, 6) is -2.23. The molecule has 0 fully saturated rings. The summed E-state index contributed by atoms with van der Waals surface area (Å²) < 4.78 is 9.94. The normalized spacial score (nSPS) is 13.2. The Morgan fingerprint density at radius 2 is 1.79 bits per heavy atom. The Morgan fingerprint density at radius 1 is 1.08 bits per heavy atom. The summed E-state index contributed by atoms with van der Waals surface area (Å²) in [6.07, 6.45) is 3.90. The minimum atomic E-state index is -0.943. The van der Waals surface area contributed by atoms with E-state index >= 15 is 0 Å². The van der Waals surface area contributed by atoms with Gasteiger partial charge < -0.3 is 13.8 Å². The van der Waals surface area contributed by atoms with E-state index in [1.165, 1.54) is 24.7 Å². The summed E-state index contributed by atoms with van der Waals surface area (Å²) in [4.78, 5) is 41.7. The van der Waals surface area contributed by atoms with Crippen LogP contribution in [-0.4, -0.2) is 28.0 Å². The van der Waals surface area contributed by atoms with Crippen LogP contribution in [0.3, 0.4) is 0 Å². The summed E-state index contributed by atoms with van der Waals surface area (Å²) in [5.41, 5.74) is 0.793. The lowest BCUT2D eigenvalue weighted by Crippen LogP contribution is -2.32. The topological polar surface area (TPSA) is 103 Å². The van der Waals surface area contributed by atoms with Crippen LogP contribution >= 0.6 is 0 Å². The number of carbonyl (C=O) groups excluding carboxylic acids is 3. The smallest absolute Gasteiger partial charge is 0.369 e. The predicted molar refractivity (Wildman–Crippen MR) is 76.6 cm³/mol. The van der Waals surface area contributed by atoms with Gasteiger partial charge in [0.2, 0.25) is 0 Å². The first kappa shape index (κ1) is 13.9. The van der Waals surface area contributed by atoms with Crippen molar-refractivity contribution in [2.75, 3.05) is 0 Å². The van der Waals surface area contributed by atoms with E-state index in [-0.39, 0.29) is 22.5 Å². The Balaban J connectivity index is 1.62. The van der Waals surface area contributed by atoms with Gasteiger partial charge in [0.15, 0.2) is 5.76 Å². The van der Waals surface area contributed by atoms with Gasteiger partial charge in [-0.05, 0) is 18.2 Å². The fourth-order valence-corrected chi connectivity index (χ4v) is 2.37. The summed E-state index contributed by atoms with van der Waals surface area (Å²) in [5, 5.41) is 3.98. The van der Waals surface area contributed by atoms with Gasteiger partial charge in [0.25, 0.3) is 11.8 Å². The fourth-order valence-electron chi connectivity index (χ4n) is 2.37. The Hall–Kier alpha value is -3.68. The van der Waals surface area contributed by atoms with Crippen molar-refractivity contribution in [2.45, 2.75) is 0 Å². The molecule has 3 aromatic rings. The van der Waals surface area contributed by atoms with Crippen molar-refractivity contribution in [3.8, 4) is 11.3 Å². The maximum absolute atomic E-state index is 12.3. The summed E-state index contributed by atoms with van der Waals surface area (Å²) in [7, 11) is 0. The Morgan fingerprint density at radius 3 is 2.42 bits per heavy atom. The maximum atomic E-state index is 12.3. The first-order chi connectivity index (χ1) is 11.7. The molecule has 2 aromatic heterocycles. The molecule has 8 heteroatoms. The molecule has 0 N–H and O–H groups in total. The number of amides is 2. The van der Waals surface area contributed by atoms with Crippen LogP contribution in [0, 0.1) is 0 Å². The van der Waals surface area contributed by atoms with Gasteiger partial charge >= 0.3 is 5.97 Å². The zero-order valence-corrected chi connectivity index (χ0v) is 12.0. The highest BCUT2D eigenvalue weighted by Gasteiger charge is 2.39. The van der Waals surface area contributed by atoms with Crippen molar-refractivity contribution >= 4 is 17.8 Å². The molecule has 0 radical (unpaired) electrons. The summed E-state index contributed by atoms with van der Waals surface area (Å²) in [6.45, 7) is 0. The minimum Gasteiger partial charge on any atom is -0.472 e. The van der Waals surface area contributed by atoms with Gasteiger partial charge in [-0.2, -0.15) is 0 Å². The predicted octanol–water partition coefficient (Wildman–Crippen LogP) is 2.30. The van der Waals surface area contributed by atoms with Gasteiger partial charge in [-0.15, -0.1) is 0 Å². The third-order valence-corrected chi connectivity index (χ3v) is 3.50. The highest BCUT2D eigenvalue weighted by atomic mass is 16.7. The van der Waals surface area contributed by atoms with Crippen LogP contribution in [0.5, 0.6) is 0 Å². The molecule has 0 aliphatic carbocycles. The third-order valence-electron chi connectivity index (χ3n) is 3.50. The number of benzene rings is 1. The van der Waals surface area contributed by atoms with Crippen molar-refractivity contribution < 1.29 is 28.2 Å². The quantitative estimate of drug-likeness (QED) is 0.681. The standard InChI is InChI=1S/C16H8N2O6/c19-14-10-3-1-2-4-11(10)15(20)18(14)24-16(21)12-7-17-23-13(12)9-5-6-22-8-9/h1-8H. The number of furan rings is 1. The number of hydrogen-bond donors (Lipinski definition) is 0. The Labute approximate surface area is 134 Å². The molecule has 4 rings (SSSR count). The molecule has 0 spiro atoms. The lowest BCUT2D eigenvalue weighted by molar-refractivity contribution is -0.0584. The van der Waals surface area contributed by atoms with Gasteiger partial charge in [0.05, 0.1) is 29.2 Å². The second-order valence-electron chi connectivity index (χ2n) is 4.91. The largest absolute Gasteiger partial charge is 0.472 e. The summed E-state index contributed by atoms with van der Waals surface area (Å²) in [6, 6.07) is 7.78. The number of rotatable bonds is 3. The highest BCUT2D eigenvalue weighted by Crippen LogP contribution is 2.27.